The Hall–Kier alpha value is -2.86. The Balaban J connectivity index is 1.31. The number of likely N-dealkylation sites (N-methyl/N-ethyl adjacent to an activating group) is 1. The number of carbonyl (C=O) groups is 1. The maximum atomic E-state index is 12.8. The number of hydrogen-bond donors (Lipinski definition) is 1. The van der Waals surface area contributed by atoms with E-state index in [1.54, 1.807) is 0 Å². The van der Waals surface area contributed by atoms with Gasteiger partial charge in [0.25, 0.3) is 6.01 Å². The number of benzene rings is 2. The van der Waals surface area contributed by atoms with Crippen molar-refractivity contribution in [1.82, 2.24) is 15.2 Å². The highest BCUT2D eigenvalue weighted by Crippen LogP contribution is 2.26. The molecule has 2 aromatic carbocycles. The van der Waals surface area contributed by atoms with Crippen LogP contribution in [0, 0.1) is 5.92 Å². The molecule has 1 atom stereocenters. The predicted octanol–water partition coefficient (Wildman–Crippen LogP) is 3.46. The van der Waals surface area contributed by atoms with Gasteiger partial charge in [0.1, 0.15) is 5.52 Å². The van der Waals surface area contributed by atoms with Gasteiger partial charge in [-0.25, -0.2) is 0 Å². The molecule has 1 aromatic heterocycles. The van der Waals surface area contributed by atoms with Crippen molar-refractivity contribution >= 4 is 23.0 Å². The number of oxazole rings is 1. The maximum absolute atomic E-state index is 12.8. The summed E-state index contributed by atoms with van der Waals surface area (Å²) in [4.78, 5) is 21.6. The van der Waals surface area contributed by atoms with E-state index in [0.29, 0.717) is 12.6 Å². The third-order valence-electron chi connectivity index (χ3n) is 5.70. The third-order valence-corrected chi connectivity index (χ3v) is 5.70. The molecule has 3 aromatic rings. The van der Waals surface area contributed by atoms with Gasteiger partial charge in [0.05, 0.1) is 6.04 Å². The van der Waals surface area contributed by atoms with Crippen LogP contribution in [0.4, 0.5) is 6.01 Å². The molecule has 6 heteroatoms. The van der Waals surface area contributed by atoms with E-state index in [4.69, 9.17) is 4.42 Å². The number of aromatic nitrogens is 1. The molecule has 1 amide bonds. The van der Waals surface area contributed by atoms with Gasteiger partial charge in [0.2, 0.25) is 5.91 Å². The summed E-state index contributed by atoms with van der Waals surface area (Å²) in [6.07, 6.45) is 1.62. The smallest absolute Gasteiger partial charge is 0.298 e. The summed E-state index contributed by atoms with van der Waals surface area (Å²) in [6.45, 7) is 2.17. The molecule has 1 saturated heterocycles. The molecule has 0 spiro atoms. The molecule has 2 heterocycles. The number of nitrogens with one attached hydrogen (secondary N) is 1. The Morgan fingerprint density at radius 1 is 1.14 bits per heavy atom. The summed E-state index contributed by atoms with van der Waals surface area (Å²) >= 11 is 0. The van der Waals surface area contributed by atoms with Crippen LogP contribution >= 0.6 is 0 Å². The standard InChI is InChI=1S/C23H28N4O2/c1-26(2)20(17-8-4-3-5-9-17)16-24-22(28)18-12-14-27(15-13-18)23-25-19-10-6-7-11-21(19)29-23/h3-11,18,20H,12-16H2,1-2H3,(H,24,28)/t20-/m0/s1. The summed E-state index contributed by atoms with van der Waals surface area (Å²) in [5, 5.41) is 3.17. The van der Waals surface area contributed by atoms with Crippen molar-refractivity contribution in [1.29, 1.82) is 0 Å². The lowest BCUT2D eigenvalue weighted by molar-refractivity contribution is -0.125. The number of amides is 1. The van der Waals surface area contributed by atoms with Crippen LogP contribution in [-0.2, 0) is 4.79 Å². The van der Waals surface area contributed by atoms with Crippen molar-refractivity contribution in [3.05, 3.63) is 60.2 Å². The fraction of sp³-hybridized carbons (Fsp3) is 0.391. The summed E-state index contributed by atoms with van der Waals surface area (Å²) < 4.78 is 5.87. The summed E-state index contributed by atoms with van der Waals surface area (Å²) in [5.41, 5.74) is 2.89. The number of carbonyl (C=O) groups excluding carboxylic acids is 1. The van der Waals surface area contributed by atoms with Crippen LogP contribution in [0.5, 0.6) is 0 Å². The summed E-state index contributed by atoms with van der Waals surface area (Å²) in [6, 6.07) is 18.9. The van der Waals surface area contributed by atoms with E-state index < -0.39 is 0 Å². The van der Waals surface area contributed by atoms with E-state index in [2.05, 4.69) is 32.2 Å². The number of fused-ring (bicyclic) bond motifs is 1. The SMILES string of the molecule is CN(C)[C@@H](CNC(=O)C1CCN(c2nc3ccccc3o2)CC1)c1ccccc1. The summed E-state index contributed by atoms with van der Waals surface area (Å²) in [7, 11) is 4.09. The Morgan fingerprint density at radius 2 is 1.83 bits per heavy atom. The maximum Gasteiger partial charge on any atom is 0.298 e. The molecule has 1 N–H and O–H groups in total. The molecular formula is C23H28N4O2. The normalized spacial score (nSPS) is 16.3. The minimum atomic E-state index is 0.0363. The van der Waals surface area contributed by atoms with E-state index in [-0.39, 0.29) is 17.9 Å². The Kier molecular flexibility index (Phi) is 5.81. The molecule has 29 heavy (non-hydrogen) atoms. The minimum Gasteiger partial charge on any atom is -0.423 e. The second-order valence-corrected chi connectivity index (χ2v) is 7.86. The molecule has 1 fully saturated rings. The van der Waals surface area contributed by atoms with Gasteiger partial charge in [-0.05, 0) is 44.6 Å². The van der Waals surface area contributed by atoms with Gasteiger partial charge in [-0.15, -0.1) is 0 Å². The van der Waals surface area contributed by atoms with Crippen LogP contribution in [-0.4, -0.2) is 49.5 Å². The first-order chi connectivity index (χ1) is 14.1. The topological polar surface area (TPSA) is 61.6 Å². The van der Waals surface area contributed by atoms with Crippen molar-refractivity contribution in [2.75, 3.05) is 38.6 Å². The first-order valence-electron chi connectivity index (χ1n) is 10.2. The highest BCUT2D eigenvalue weighted by molar-refractivity contribution is 5.79. The van der Waals surface area contributed by atoms with Gasteiger partial charge in [-0.3, -0.25) is 4.79 Å². The molecule has 6 nitrogen and oxygen atoms in total. The van der Waals surface area contributed by atoms with E-state index in [1.165, 1.54) is 5.56 Å². The first-order valence-corrected chi connectivity index (χ1v) is 10.2. The second kappa shape index (κ2) is 8.66. The number of rotatable bonds is 6. The largest absolute Gasteiger partial charge is 0.423 e. The van der Waals surface area contributed by atoms with E-state index in [1.807, 2.05) is 56.6 Å². The molecule has 0 saturated carbocycles. The molecular weight excluding hydrogens is 364 g/mol. The van der Waals surface area contributed by atoms with E-state index in [0.717, 1.165) is 37.0 Å². The van der Waals surface area contributed by atoms with Crippen molar-refractivity contribution in [2.24, 2.45) is 5.92 Å². The van der Waals surface area contributed by atoms with Crippen LogP contribution < -0.4 is 10.2 Å². The van der Waals surface area contributed by atoms with Crippen molar-refractivity contribution in [2.45, 2.75) is 18.9 Å². The van der Waals surface area contributed by atoms with Crippen LogP contribution in [0.25, 0.3) is 11.1 Å². The van der Waals surface area contributed by atoms with Gasteiger partial charge >= 0.3 is 0 Å². The molecule has 0 unspecified atom stereocenters. The van der Waals surface area contributed by atoms with E-state index >= 15 is 0 Å². The molecule has 0 aliphatic carbocycles. The van der Waals surface area contributed by atoms with Crippen molar-refractivity contribution < 1.29 is 9.21 Å². The van der Waals surface area contributed by atoms with Gasteiger partial charge in [0, 0.05) is 25.6 Å². The molecule has 1 aliphatic heterocycles. The van der Waals surface area contributed by atoms with Crippen LogP contribution in [0.1, 0.15) is 24.4 Å². The summed E-state index contributed by atoms with van der Waals surface area (Å²) in [5.74, 6) is 0.180. The molecule has 0 bridgehead atoms. The van der Waals surface area contributed by atoms with Gasteiger partial charge in [0.15, 0.2) is 5.58 Å². The van der Waals surface area contributed by atoms with Crippen molar-refractivity contribution in [3.63, 3.8) is 0 Å². The Bertz CT molecular complexity index is 913. The fourth-order valence-electron chi connectivity index (χ4n) is 3.94. The van der Waals surface area contributed by atoms with Gasteiger partial charge in [-0.1, -0.05) is 42.5 Å². The third kappa shape index (κ3) is 4.43. The van der Waals surface area contributed by atoms with Crippen LogP contribution in [0.3, 0.4) is 0 Å². The van der Waals surface area contributed by atoms with Crippen molar-refractivity contribution in [3.8, 4) is 0 Å². The van der Waals surface area contributed by atoms with E-state index in [9.17, 15) is 4.79 Å². The minimum absolute atomic E-state index is 0.0363. The number of hydrogen-bond acceptors (Lipinski definition) is 5. The predicted molar refractivity (Wildman–Crippen MR) is 115 cm³/mol. The zero-order valence-corrected chi connectivity index (χ0v) is 17.0. The number of anilines is 1. The zero-order valence-electron chi connectivity index (χ0n) is 17.0. The van der Waals surface area contributed by atoms with Crippen LogP contribution in [0.2, 0.25) is 0 Å². The second-order valence-electron chi connectivity index (χ2n) is 7.86. The first kappa shape index (κ1) is 19.5. The average molecular weight is 393 g/mol. The van der Waals surface area contributed by atoms with Gasteiger partial charge in [-0.2, -0.15) is 4.98 Å². The Morgan fingerprint density at radius 3 is 2.52 bits per heavy atom. The lowest BCUT2D eigenvalue weighted by atomic mass is 9.96. The molecule has 0 radical (unpaired) electrons. The quantitative estimate of drug-likeness (QED) is 0.696. The molecule has 4 rings (SSSR count). The number of para-hydroxylation sites is 2. The number of nitrogens with zero attached hydrogens (tertiary/aromatic N) is 3. The zero-order chi connectivity index (χ0) is 20.2. The highest BCUT2D eigenvalue weighted by atomic mass is 16.4. The lowest BCUT2D eigenvalue weighted by Gasteiger charge is -2.31. The van der Waals surface area contributed by atoms with Gasteiger partial charge < -0.3 is 19.5 Å². The number of piperidine rings is 1. The Labute approximate surface area is 171 Å². The van der Waals surface area contributed by atoms with Crippen LogP contribution in [0.15, 0.2) is 59.0 Å². The lowest BCUT2D eigenvalue weighted by Crippen LogP contribution is -2.42. The fourth-order valence-corrected chi connectivity index (χ4v) is 3.94. The highest BCUT2D eigenvalue weighted by Gasteiger charge is 2.27. The monoisotopic (exact) mass is 392 g/mol. The average Bonchev–Trinajstić information content (AvgIpc) is 3.19. The molecule has 152 valence electrons. The molecule has 1 aliphatic rings.